The quantitative estimate of drug-likeness (QED) is 0.806. The number of aromatic nitrogens is 2. The zero-order valence-electron chi connectivity index (χ0n) is 12.6. The smallest absolute Gasteiger partial charge is 0.314 e. The van der Waals surface area contributed by atoms with Crippen LogP contribution < -0.4 is 10.6 Å². The van der Waals surface area contributed by atoms with Crippen molar-refractivity contribution in [3.05, 3.63) is 12.4 Å². The molecule has 1 aromatic rings. The van der Waals surface area contributed by atoms with Crippen LogP contribution in [0.2, 0.25) is 0 Å². The average molecular weight is 300 g/mol. The van der Waals surface area contributed by atoms with Gasteiger partial charge in [-0.2, -0.15) is 0 Å². The van der Waals surface area contributed by atoms with Gasteiger partial charge in [-0.3, -0.25) is 4.79 Å². The fourth-order valence-electron chi connectivity index (χ4n) is 5.11. The van der Waals surface area contributed by atoms with Gasteiger partial charge in [-0.25, -0.2) is 9.97 Å². The molecule has 5 aliphatic carbocycles. The molecule has 116 valence electrons. The summed E-state index contributed by atoms with van der Waals surface area (Å²) in [5.74, 6) is 3.26. The van der Waals surface area contributed by atoms with Crippen LogP contribution in [0.25, 0.3) is 0 Å². The van der Waals surface area contributed by atoms with E-state index in [0.717, 1.165) is 24.5 Å². The van der Waals surface area contributed by atoms with Crippen molar-refractivity contribution in [1.82, 2.24) is 9.97 Å². The summed E-state index contributed by atoms with van der Waals surface area (Å²) in [6.45, 7) is 0. The topological polar surface area (TPSA) is 76.1 Å². The average Bonchev–Trinajstić information content (AvgIpc) is 3.32. The molecule has 5 saturated carbocycles. The summed E-state index contributed by atoms with van der Waals surface area (Å²) in [4.78, 5) is 20.9. The maximum absolute atomic E-state index is 12.3. The zero-order chi connectivity index (χ0) is 14.9. The van der Waals surface area contributed by atoms with E-state index in [1.165, 1.54) is 20.0 Å². The first-order chi connectivity index (χ1) is 10.7. The second kappa shape index (κ2) is 4.12. The van der Waals surface area contributed by atoms with Gasteiger partial charge in [0.05, 0.1) is 12.5 Å². The van der Waals surface area contributed by atoms with Gasteiger partial charge in [0.1, 0.15) is 18.0 Å². The third-order valence-corrected chi connectivity index (χ3v) is 6.14. The molecule has 1 heterocycles. The SMILES string of the molecule is COC(=O)C12C3CC(CC31)C2Nc1cc(NC2CC2)ncn1. The minimum absolute atomic E-state index is 0.0367. The van der Waals surface area contributed by atoms with E-state index < -0.39 is 0 Å². The Morgan fingerprint density at radius 3 is 2.55 bits per heavy atom. The maximum Gasteiger partial charge on any atom is 0.314 e. The molecule has 0 amide bonds. The molecule has 6 heteroatoms. The Bertz CT molecular complexity index is 633. The number of ether oxygens (including phenoxy) is 1. The van der Waals surface area contributed by atoms with Crippen molar-refractivity contribution >= 4 is 17.6 Å². The maximum atomic E-state index is 12.3. The van der Waals surface area contributed by atoms with Gasteiger partial charge in [-0.05, 0) is 43.4 Å². The number of carbonyl (C=O) groups is 1. The number of carbonyl (C=O) groups excluding carboxylic acids is 1. The highest BCUT2D eigenvalue weighted by molar-refractivity contribution is 5.85. The van der Waals surface area contributed by atoms with E-state index in [2.05, 4.69) is 20.6 Å². The molecule has 0 aromatic carbocycles. The van der Waals surface area contributed by atoms with Crippen molar-refractivity contribution in [2.45, 2.75) is 37.8 Å². The molecule has 1 aromatic heterocycles. The Kier molecular flexibility index (Phi) is 2.37. The first-order valence-corrected chi connectivity index (χ1v) is 8.17. The second-order valence-electron chi connectivity index (χ2n) is 7.20. The summed E-state index contributed by atoms with van der Waals surface area (Å²) in [5, 5.41) is 6.91. The molecule has 0 saturated heterocycles. The molecule has 3 unspecified atom stereocenters. The van der Waals surface area contributed by atoms with E-state index in [9.17, 15) is 4.79 Å². The highest BCUT2D eigenvalue weighted by atomic mass is 16.5. The van der Waals surface area contributed by atoms with Gasteiger partial charge in [0.15, 0.2) is 0 Å². The van der Waals surface area contributed by atoms with Crippen LogP contribution in [-0.2, 0) is 9.53 Å². The Balaban J connectivity index is 1.38. The van der Waals surface area contributed by atoms with Crippen LogP contribution >= 0.6 is 0 Å². The molecule has 2 N–H and O–H groups in total. The van der Waals surface area contributed by atoms with Gasteiger partial charge in [0.25, 0.3) is 0 Å². The van der Waals surface area contributed by atoms with Crippen LogP contribution in [0.15, 0.2) is 12.4 Å². The van der Waals surface area contributed by atoms with Gasteiger partial charge < -0.3 is 15.4 Å². The van der Waals surface area contributed by atoms with E-state index >= 15 is 0 Å². The molecule has 0 spiro atoms. The Morgan fingerprint density at radius 1 is 1.23 bits per heavy atom. The summed E-state index contributed by atoms with van der Waals surface area (Å²) in [7, 11) is 1.50. The van der Waals surface area contributed by atoms with Crippen molar-refractivity contribution in [2.75, 3.05) is 17.7 Å². The summed E-state index contributed by atoms with van der Waals surface area (Å²) < 4.78 is 5.10. The third kappa shape index (κ3) is 1.53. The highest BCUT2D eigenvalue weighted by Gasteiger charge is 2.83. The van der Waals surface area contributed by atoms with Gasteiger partial charge in [0.2, 0.25) is 0 Å². The number of nitrogens with one attached hydrogen (secondary N) is 2. The molecule has 5 aliphatic rings. The number of methoxy groups -OCH3 is 1. The number of esters is 1. The summed E-state index contributed by atoms with van der Waals surface area (Å²) in [5.41, 5.74) is -0.283. The van der Waals surface area contributed by atoms with Crippen molar-refractivity contribution in [3.63, 3.8) is 0 Å². The standard InChI is InChI=1S/C16H20N4O2/c1-22-15(21)16-10-4-8(5-11(10)16)14(16)20-13-6-12(17-7-18-13)19-9-2-3-9/h6-11,14H,2-5H2,1H3,(H2,17,18,19,20). The minimum atomic E-state index is -0.283. The normalized spacial score (nSPS) is 40.4. The lowest BCUT2D eigenvalue weighted by Gasteiger charge is -2.23. The fourth-order valence-corrected chi connectivity index (χ4v) is 5.11. The van der Waals surface area contributed by atoms with Crippen LogP contribution in [-0.4, -0.2) is 35.1 Å². The molecule has 0 aliphatic heterocycles. The Hall–Kier alpha value is -1.85. The third-order valence-electron chi connectivity index (χ3n) is 6.14. The molecular weight excluding hydrogens is 280 g/mol. The number of nitrogens with zero attached hydrogens (tertiary/aromatic N) is 2. The molecule has 22 heavy (non-hydrogen) atoms. The molecule has 6 nitrogen and oxygen atoms in total. The molecule has 4 bridgehead atoms. The second-order valence-corrected chi connectivity index (χ2v) is 7.20. The largest absolute Gasteiger partial charge is 0.469 e. The van der Waals surface area contributed by atoms with Crippen molar-refractivity contribution in [2.24, 2.45) is 23.2 Å². The number of hydrogen-bond donors (Lipinski definition) is 2. The number of rotatable bonds is 5. The zero-order valence-corrected chi connectivity index (χ0v) is 12.6. The van der Waals surface area contributed by atoms with Crippen LogP contribution in [0.1, 0.15) is 25.7 Å². The van der Waals surface area contributed by atoms with E-state index in [4.69, 9.17) is 4.74 Å². The van der Waals surface area contributed by atoms with E-state index in [1.54, 1.807) is 6.33 Å². The Morgan fingerprint density at radius 2 is 1.91 bits per heavy atom. The molecular formula is C16H20N4O2. The molecule has 5 fully saturated rings. The highest BCUT2D eigenvalue weighted by Crippen LogP contribution is 2.79. The molecule has 6 rings (SSSR count). The van der Waals surface area contributed by atoms with E-state index in [1.807, 2.05) is 6.07 Å². The molecule has 3 atom stereocenters. The van der Waals surface area contributed by atoms with Crippen molar-refractivity contribution < 1.29 is 9.53 Å². The van der Waals surface area contributed by atoms with Gasteiger partial charge >= 0.3 is 5.97 Å². The summed E-state index contributed by atoms with van der Waals surface area (Å²) >= 11 is 0. The first-order valence-electron chi connectivity index (χ1n) is 8.17. The minimum Gasteiger partial charge on any atom is -0.469 e. The van der Waals surface area contributed by atoms with Gasteiger partial charge in [0, 0.05) is 18.2 Å². The van der Waals surface area contributed by atoms with E-state index in [0.29, 0.717) is 23.8 Å². The summed E-state index contributed by atoms with van der Waals surface area (Å²) in [6.07, 6.45) is 6.31. The van der Waals surface area contributed by atoms with Crippen LogP contribution in [0.5, 0.6) is 0 Å². The van der Waals surface area contributed by atoms with Crippen molar-refractivity contribution in [3.8, 4) is 0 Å². The number of anilines is 2. The monoisotopic (exact) mass is 300 g/mol. The summed E-state index contributed by atoms with van der Waals surface area (Å²) in [6, 6.07) is 2.69. The lowest BCUT2D eigenvalue weighted by molar-refractivity contribution is -0.147. The van der Waals surface area contributed by atoms with Crippen LogP contribution in [0.4, 0.5) is 11.6 Å². The predicted molar refractivity (Wildman–Crippen MR) is 80.2 cm³/mol. The van der Waals surface area contributed by atoms with Crippen LogP contribution in [0.3, 0.4) is 0 Å². The van der Waals surface area contributed by atoms with E-state index in [-0.39, 0.29) is 17.4 Å². The lowest BCUT2D eigenvalue weighted by atomic mass is 9.97. The van der Waals surface area contributed by atoms with Crippen molar-refractivity contribution in [1.29, 1.82) is 0 Å². The Labute approximate surface area is 129 Å². The van der Waals surface area contributed by atoms with Gasteiger partial charge in [-0.1, -0.05) is 0 Å². The predicted octanol–water partition coefficient (Wildman–Crippen LogP) is 1.66. The lowest BCUT2D eigenvalue weighted by Crippen LogP contribution is -2.37. The fraction of sp³-hybridized carbons (Fsp3) is 0.688. The number of hydrogen-bond acceptors (Lipinski definition) is 6. The van der Waals surface area contributed by atoms with Gasteiger partial charge in [-0.15, -0.1) is 0 Å². The first kappa shape index (κ1) is 12.7. The molecule has 0 radical (unpaired) electrons. The van der Waals surface area contributed by atoms with Crippen LogP contribution in [0, 0.1) is 23.2 Å².